The summed E-state index contributed by atoms with van der Waals surface area (Å²) in [6, 6.07) is 11.0. The van der Waals surface area contributed by atoms with E-state index in [2.05, 4.69) is 5.10 Å². The van der Waals surface area contributed by atoms with Gasteiger partial charge in [-0.25, -0.2) is 4.90 Å². The normalized spacial score (nSPS) is 20.8. The summed E-state index contributed by atoms with van der Waals surface area (Å²) >= 11 is 6.24. The lowest BCUT2D eigenvalue weighted by Gasteiger charge is -2.24. The Morgan fingerprint density at radius 3 is 2.45 bits per heavy atom. The summed E-state index contributed by atoms with van der Waals surface area (Å²) in [5.41, 5.74) is 1.68. The fourth-order valence-electron chi connectivity index (χ4n) is 3.80. The Kier molecular flexibility index (Phi) is 4.62. The number of carbonyl (C=O) groups is 3. The number of rotatable bonds is 4. The lowest BCUT2D eigenvalue weighted by Crippen LogP contribution is -2.39. The number of methoxy groups -OCH3 is 1. The highest BCUT2D eigenvalue weighted by molar-refractivity contribution is 6.49. The molecule has 2 aliphatic rings. The van der Waals surface area contributed by atoms with Gasteiger partial charge in [0.2, 0.25) is 5.91 Å². The summed E-state index contributed by atoms with van der Waals surface area (Å²) in [4.78, 5) is 40.0. The van der Waals surface area contributed by atoms with Crippen molar-refractivity contribution in [2.45, 2.75) is 19.9 Å². The minimum Gasteiger partial charge on any atom is -0.495 e. The first-order valence-electron chi connectivity index (χ1n) is 9.01. The number of amides is 2. The Labute approximate surface area is 172 Å². The van der Waals surface area contributed by atoms with E-state index in [1.807, 2.05) is 0 Å². The largest absolute Gasteiger partial charge is 0.495 e. The lowest BCUT2D eigenvalue weighted by atomic mass is 9.95. The molecule has 0 aliphatic carbocycles. The summed E-state index contributed by atoms with van der Waals surface area (Å²) < 4.78 is 5.32. The van der Waals surface area contributed by atoms with Crippen LogP contribution in [-0.2, 0) is 14.4 Å². The van der Waals surface area contributed by atoms with Crippen LogP contribution in [0.1, 0.15) is 12.5 Å². The van der Waals surface area contributed by atoms with Gasteiger partial charge in [0.1, 0.15) is 23.4 Å². The molecule has 4 rings (SSSR count). The Balaban J connectivity index is 1.86. The molecule has 2 aliphatic heterocycles. The third-order valence-corrected chi connectivity index (χ3v) is 5.63. The number of Topliss-reactive ketones (excluding diaryl/α,β-unsaturated/α-hetero) is 1. The molecule has 0 aromatic heterocycles. The van der Waals surface area contributed by atoms with Crippen molar-refractivity contribution in [1.82, 2.24) is 0 Å². The lowest BCUT2D eigenvalue weighted by molar-refractivity contribution is -0.122. The Morgan fingerprint density at radius 2 is 1.76 bits per heavy atom. The maximum absolute atomic E-state index is 13.4. The number of halogens is 1. The van der Waals surface area contributed by atoms with Crippen molar-refractivity contribution >= 4 is 46.3 Å². The molecule has 0 bridgehead atoms. The second kappa shape index (κ2) is 7.00. The Morgan fingerprint density at radius 1 is 1.07 bits per heavy atom. The molecule has 29 heavy (non-hydrogen) atoms. The number of fused-ring (bicyclic) bond motifs is 1. The number of hydrogen-bond donors (Lipinski definition) is 0. The van der Waals surface area contributed by atoms with Gasteiger partial charge in [-0.3, -0.25) is 19.4 Å². The molecular weight excluding hydrogens is 394 g/mol. The van der Waals surface area contributed by atoms with Gasteiger partial charge in [0.15, 0.2) is 5.78 Å². The standard InChI is InChI=1S/C21H18ClN3O4/c1-11-13(22)7-6-9-14(11)25-19-17(18(23-25)12(2)26)20(27)24(21(19)28)15-8-4-5-10-16(15)29-3/h4-10,17,19H,1-3H3/t17-,19+/m0/s1. The zero-order valence-corrected chi connectivity index (χ0v) is 16.8. The molecule has 7 nitrogen and oxygen atoms in total. The minimum absolute atomic E-state index is 0.0603. The van der Waals surface area contributed by atoms with Crippen molar-refractivity contribution in [1.29, 1.82) is 0 Å². The van der Waals surface area contributed by atoms with Crippen molar-refractivity contribution in [3.05, 3.63) is 53.1 Å². The van der Waals surface area contributed by atoms with Gasteiger partial charge >= 0.3 is 0 Å². The molecule has 2 aromatic rings. The summed E-state index contributed by atoms with van der Waals surface area (Å²) in [6.07, 6.45) is 0. The molecule has 2 atom stereocenters. The third kappa shape index (κ3) is 2.81. The summed E-state index contributed by atoms with van der Waals surface area (Å²) in [6.45, 7) is 3.14. The fraction of sp³-hybridized carbons (Fsp3) is 0.238. The van der Waals surface area contributed by atoms with Crippen LogP contribution in [0.25, 0.3) is 0 Å². The molecular formula is C21H18ClN3O4. The Bertz CT molecular complexity index is 1080. The van der Waals surface area contributed by atoms with Gasteiger partial charge in [0.25, 0.3) is 5.91 Å². The van der Waals surface area contributed by atoms with Crippen LogP contribution in [0.15, 0.2) is 47.6 Å². The molecule has 1 fully saturated rings. The molecule has 0 saturated carbocycles. The van der Waals surface area contributed by atoms with E-state index in [1.165, 1.54) is 19.0 Å². The average molecular weight is 412 g/mol. The third-order valence-electron chi connectivity index (χ3n) is 5.22. The maximum Gasteiger partial charge on any atom is 0.260 e. The molecule has 2 amide bonds. The number of anilines is 2. The van der Waals surface area contributed by atoms with Gasteiger partial charge in [-0.15, -0.1) is 0 Å². The molecule has 1 saturated heterocycles. The number of hydrogen-bond acceptors (Lipinski definition) is 6. The van der Waals surface area contributed by atoms with Crippen LogP contribution in [0.4, 0.5) is 11.4 Å². The van der Waals surface area contributed by atoms with Crippen LogP contribution in [0.5, 0.6) is 5.75 Å². The second-order valence-corrected chi connectivity index (χ2v) is 7.28. The van der Waals surface area contributed by atoms with E-state index in [-0.39, 0.29) is 11.5 Å². The van der Waals surface area contributed by atoms with Crippen LogP contribution in [-0.4, -0.2) is 36.5 Å². The van der Waals surface area contributed by atoms with Crippen molar-refractivity contribution in [3.63, 3.8) is 0 Å². The summed E-state index contributed by atoms with van der Waals surface area (Å²) in [5.74, 6) is -1.92. The van der Waals surface area contributed by atoms with E-state index in [4.69, 9.17) is 16.3 Å². The monoisotopic (exact) mass is 411 g/mol. The van der Waals surface area contributed by atoms with Crippen LogP contribution in [0.3, 0.4) is 0 Å². The van der Waals surface area contributed by atoms with Gasteiger partial charge in [-0.1, -0.05) is 29.8 Å². The molecule has 0 unspecified atom stereocenters. The summed E-state index contributed by atoms with van der Waals surface area (Å²) in [7, 11) is 1.47. The zero-order valence-electron chi connectivity index (χ0n) is 16.0. The number of ketones is 1. The molecule has 0 N–H and O–H groups in total. The molecule has 0 spiro atoms. The van der Waals surface area contributed by atoms with Crippen molar-refractivity contribution in [3.8, 4) is 5.75 Å². The minimum atomic E-state index is -0.983. The smallest absolute Gasteiger partial charge is 0.260 e. The van der Waals surface area contributed by atoms with E-state index in [0.29, 0.717) is 27.7 Å². The zero-order chi connectivity index (χ0) is 20.9. The molecule has 8 heteroatoms. The maximum atomic E-state index is 13.4. The number of ether oxygens (including phenoxy) is 1. The van der Waals surface area contributed by atoms with Crippen LogP contribution < -0.4 is 14.6 Å². The van der Waals surface area contributed by atoms with Crippen LogP contribution in [0.2, 0.25) is 5.02 Å². The highest BCUT2D eigenvalue weighted by atomic mass is 35.5. The van der Waals surface area contributed by atoms with Gasteiger partial charge in [0.05, 0.1) is 18.5 Å². The first kappa shape index (κ1) is 19.1. The van der Waals surface area contributed by atoms with Gasteiger partial charge in [-0.05, 0) is 36.8 Å². The van der Waals surface area contributed by atoms with Crippen molar-refractivity contribution < 1.29 is 19.1 Å². The van der Waals surface area contributed by atoms with Gasteiger partial charge in [-0.2, -0.15) is 5.10 Å². The molecule has 0 radical (unpaired) electrons. The molecule has 2 aromatic carbocycles. The number of benzene rings is 2. The van der Waals surface area contributed by atoms with Crippen molar-refractivity contribution in [2.75, 3.05) is 17.0 Å². The SMILES string of the molecule is COc1ccccc1N1C(=O)[C@H]2C(C(C)=O)=NN(c3cccc(Cl)c3C)[C@H]2C1=O. The average Bonchev–Trinajstić information content (AvgIpc) is 3.21. The van der Waals surface area contributed by atoms with E-state index in [9.17, 15) is 14.4 Å². The van der Waals surface area contributed by atoms with E-state index >= 15 is 0 Å². The van der Waals surface area contributed by atoms with Gasteiger partial charge in [0, 0.05) is 11.9 Å². The predicted molar refractivity (Wildman–Crippen MR) is 110 cm³/mol. The predicted octanol–water partition coefficient (Wildman–Crippen LogP) is 2.98. The quantitative estimate of drug-likeness (QED) is 0.722. The number of imide groups is 1. The first-order valence-corrected chi connectivity index (χ1v) is 9.39. The number of nitrogens with zero attached hydrogens (tertiary/aromatic N) is 3. The fourth-order valence-corrected chi connectivity index (χ4v) is 3.97. The van der Waals surface area contributed by atoms with E-state index < -0.39 is 23.8 Å². The first-order chi connectivity index (χ1) is 13.9. The highest BCUT2D eigenvalue weighted by Gasteiger charge is 2.58. The number of carbonyl (C=O) groups excluding carboxylic acids is 3. The summed E-state index contributed by atoms with van der Waals surface area (Å²) in [5, 5.41) is 6.30. The number of para-hydroxylation sites is 2. The molecule has 2 heterocycles. The second-order valence-electron chi connectivity index (χ2n) is 6.88. The van der Waals surface area contributed by atoms with Crippen LogP contribution in [0, 0.1) is 12.8 Å². The highest BCUT2D eigenvalue weighted by Crippen LogP contribution is 2.41. The topological polar surface area (TPSA) is 79.3 Å². The van der Waals surface area contributed by atoms with Gasteiger partial charge < -0.3 is 4.74 Å². The Hall–Kier alpha value is -3.19. The van der Waals surface area contributed by atoms with Crippen LogP contribution >= 0.6 is 11.6 Å². The molecule has 148 valence electrons. The van der Waals surface area contributed by atoms with E-state index in [1.54, 1.807) is 49.4 Å². The number of hydrazone groups is 1. The van der Waals surface area contributed by atoms with E-state index in [0.717, 1.165) is 4.90 Å². The van der Waals surface area contributed by atoms with Crippen molar-refractivity contribution in [2.24, 2.45) is 11.0 Å².